The van der Waals surface area contributed by atoms with Crippen LogP contribution in [0.3, 0.4) is 0 Å². The number of fused-ring (bicyclic) bond motifs is 1. The van der Waals surface area contributed by atoms with Crippen molar-refractivity contribution < 1.29 is 13.2 Å². The molecular weight excluding hydrogens is 372 g/mol. The van der Waals surface area contributed by atoms with Gasteiger partial charge in [0.1, 0.15) is 0 Å². The van der Waals surface area contributed by atoms with Gasteiger partial charge in [-0.15, -0.1) is 0 Å². The number of rotatable bonds is 6. The zero-order valence-corrected chi connectivity index (χ0v) is 17.6. The standard InChI is InChI=1S/C22H28N2O3S/c1-4-6-17-8-12-20(13-9-17)28(26,27)23-19-11-10-18-7-5-14-24(21(18)15-19)22(25)16(2)3/h8-13,15-16,23H,4-7,14H2,1-3H3. The second-order valence-electron chi connectivity index (χ2n) is 7.59. The number of sulfonamides is 1. The normalized spacial score (nSPS) is 14.1. The molecular formula is C22H28N2O3S. The molecule has 6 heteroatoms. The molecule has 0 radical (unpaired) electrons. The predicted octanol–water partition coefficient (Wildman–Crippen LogP) is 4.38. The molecule has 0 saturated carbocycles. The summed E-state index contributed by atoms with van der Waals surface area (Å²) >= 11 is 0. The predicted molar refractivity (Wildman–Crippen MR) is 113 cm³/mol. The maximum atomic E-state index is 12.8. The third kappa shape index (κ3) is 4.38. The number of nitrogens with one attached hydrogen (secondary N) is 1. The number of aryl methyl sites for hydroxylation is 2. The Morgan fingerprint density at radius 3 is 2.50 bits per heavy atom. The van der Waals surface area contributed by atoms with Crippen LogP contribution in [0.5, 0.6) is 0 Å². The molecule has 1 aliphatic heterocycles. The summed E-state index contributed by atoms with van der Waals surface area (Å²) in [6.45, 7) is 6.52. The molecule has 1 amide bonds. The van der Waals surface area contributed by atoms with Crippen LogP contribution >= 0.6 is 0 Å². The first-order chi connectivity index (χ1) is 13.3. The van der Waals surface area contributed by atoms with E-state index in [0.29, 0.717) is 12.2 Å². The lowest BCUT2D eigenvalue weighted by atomic mass is 9.99. The zero-order chi connectivity index (χ0) is 20.3. The number of carbonyl (C=O) groups is 1. The second kappa shape index (κ2) is 8.35. The summed E-state index contributed by atoms with van der Waals surface area (Å²) < 4.78 is 28.2. The molecule has 0 aliphatic carbocycles. The Bertz CT molecular complexity index is 950. The van der Waals surface area contributed by atoms with Crippen LogP contribution in [0.4, 0.5) is 11.4 Å². The van der Waals surface area contributed by atoms with E-state index < -0.39 is 10.0 Å². The maximum absolute atomic E-state index is 12.8. The lowest BCUT2D eigenvalue weighted by Crippen LogP contribution is -2.38. The number of benzene rings is 2. The van der Waals surface area contributed by atoms with Gasteiger partial charge >= 0.3 is 0 Å². The number of nitrogens with zero attached hydrogens (tertiary/aromatic N) is 1. The summed E-state index contributed by atoms with van der Waals surface area (Å²) in [5, 5.41) is 0. The SMILES string of the molecule is CCCc1ccc(S(=O)(=O)Nc2ccc3c(c2)N(C(=O)C(C)C)CCC3)cc1. The Balaban J connectivity index is 1.86. The lowest BCUT2D eigenvalue weighted by molar-refractivity contribution is -0.121. The highest BCUT2D eigenvalue weighted by Crippen LogP contribution is 2.32. The summed E-state index contributed by atoms with van der Waals surface area (Å²) in [6, 6.07) is 12.4. The fourth-order valence-electron chi connectivity index (χ4n) is 3.52. The maximum Gasteiger partial charge on any atom is 0.261 e. The summed E-state index contributed by atoms with van der Waals surface area (Å²) in [5.41, 5.74) is 3.48. The summed E-state index contributed by atoms with van der Waals surface area (Å²) in [4.78, 5) is 14.6. The van der Waals surface area contributed by atoms with Crippen molar-refractivity contribution >= 4 is 27.3 Å². The minimum atomic E-state index is -3.68. The van der Waals surface area contributed by atoms with Crippen molar-refractivity contribution in [1.82, 2.24) is 0 Å². The fourth-order valence-corrected chi connectivity index (χ4v) is 4.57. The lowest BCUT2D eigenvalue weighted by Gasteiger charge is -2.31. The monoisotopic (exact) mass is 400 g/mol. The Labute approximate surface area is 167 Å². The summed E-state index contributed by atoms with van der Waals surface area (Å²) in [6.07, 6.45) is 3.76. The van der Waals surface area contributed by atoms with E-state index in [0.717, 1.165) is 42.5 Å². The number of carbonyl (C=O) groups excluding carboxylic acids is 1. The minimum absolute atomic E-state index is 0.0625. The molecule has 0 spiro atoms. The van der Waals surface area contributed by atoms with Gasteiger partial charge in [0.05, 0.1) is 10.6 Å². The molecule has 5 nitrogen and oxygen atoms in total. The highest BCUT2D eigenvalue weighted by molar-refractivity contribution is 7.92. The number of hydrogen-bond acceptors (Lipinski definition) is 3. The van der Waals surface area contributed by atoms with Gasteiger partial charge in [-0.3, -0.25) is 9.52 Å². The van der Waals surface area contributed by atoms with E-state index in [4.69, 9.17) is 0 Å². The van der Waals surface area contributed by atoms with Crippen LogP contribution in [0.15, 0.2) is 47.4 Å². The van der Waals surface area contributed by atoms with Gasteiger partial charge in [0.2, 0.25) is 5.91 Å². The molecule has 0 atom stereocenters. The molecule has 0 saturated heterocycles. The van der Waals surface area contributed by atoms with Crippen molar-refractivity contribution in [3.8, 4) is 0 Å². The molecule has 3 rings (SSSR count). The van der Waals surface area contributed by atoms with E-state index in [9.17, 15) is 13.2 Å². The topological polar surface area (TPSA) is 66.5 Å². The van der Waals surface area contributed by atoms with Crippen molar-refractivity contribution in [2.75, 3.05) is 16.2 Å². The molecule has 1 aliphatic rings. The quantitative estimate of drug-likeness (QED) is 0.783. The van der Waals surface area contributed by atoms with Gasteiger partial charge in [-0.2, -0.15) is 0 Å². The van der Waals surface area contributed by atoms with Crippen molar-refractivity contribution in [2.24, 2.45) is 5.92 Å². The third-order valence-electron chi connectivity index (χ3n) is 4.99. The molecule has 2 aromatic carbocycles. The van der Waals surface area contributed by atoms with Gasteiger partial charge in [-0.05, 0) is 54.7 Å². The average Bonchev–Trinajstić information content (AvgIpc) is 2.67. The van der Waals surface area contributed by atoms with Crippen molar-refractivity contribution in [3.05, 3.63) is 53.6 Å². The van der Waals surface area contributed by atoms with Crippen LogP contribution in [-0.2, 0) is 27.7 Å². The Morgan fingerprint density at radius 2 is 1.86 bits per heavy atom. The van der Waals surface area contributed by atoms with Gasteiger partial charge in [0.25, 0.3) is 10.0 Å². The van der Waals surface area contributed by atoms with E-state index in [1.54, 1.807) is 29.2 Å². The van der Waals surface area contributed by atoms with E-state index in [2.05, 4.69) is 11.6 Å². The fraction of sp³-hybridized carbons (Fsp3) is 0.409. The summed E-state index contributed by atoms with van der Waals surface area (Å²) in [5.74, 6) is -0.0413. The molecule has 0 fully saturated rings. The number of anilines is 2. The smallest absolute Gasteiger partial charge is 0.261 e. The van der Waals surface area contributed by atoms with E-state index in [-0.39, 0.29) is 16.7 Å². The first kappa shape index (κ1) is 20.4. The van der Waals surface area contributed by atoms with Crippen LogP contribution in [0.25, 0.3) is 0 Å². The molecule has 1 heterocycles. The average molecular weight is 401 g/mol. The first-order valence-corrected chi connectivity index (χ1v) is 11.4. The first-order valence-electron chi connectivity index (χ1n) is 9.88. The zero-order valence-electron chi connectivity index (χ0n) is 16.7. The minimum Gasteiger partial charge on any atom is -0.312 e. The van der Waals surface area contributed by atoms with Crippen LogP contribution in [0.1, 0.15) is 44.7 Å². The van der Waals surface area contributed by atoms with Crippen LogP contribution in [0.2, 0.25) is 0 Å². The Morgan fingerprint density at radius 1 is 1.14 bits per heavy atom. The van der Waals surface area contributed by atoms with Gasteiger partial charge in [-0.1, -0.05) is 45.4 Å². The van der Waals surface area contributed by atoms with Crippen molar-refractivity contribution in [1.29, 1.82) is 0 Å². The van der Waals surface area contributed by atoms with E-state index in [1.807, 2.05) is 32.0 Å². The molecule has 0 bridgehead atoms. The van der Waals surface area contributed by atoms with Crippen molar-refractivity contribution in [2.45, 2.75) is 51.3 Å². The molecule has 0 aromatic heterocycles. The van der Waals surface area contributed by atoms with Crippen LogP contribution in [-0.4, -0.2) is 20.9 Å². The summed E-state index contributed by atoms with van der Waals surface area (Å²) in [7, 11) is -3.68. The number of amides is 1. The third-order valence-corrected chi connectivity index (χ3v) is 6.39. The van der Waals surface area contributed by atoms with Crippen LogP contribution in [0, 0.1) is 5.92 Å². The Hall–Kier alpha value is -2.34. The highest BCUT2D eigenvalue weighted by atomic mass is 32.2. The molecule has 28 heavy (non-hydrogen) atoms. The van der Waals surface area contributed by atoms with Crippen molar-refractivity contribution in [3.63, 3.8) is 0 Å². The largest absolute Gasteiger partial charge is 0.312 e. The second-order valence-corrected chi connectivity index (χ2v) is 9.27. The van der Waals surface area contributed by atoms with E-state index >= 15 is 0 Å². The van der Waals surface area contributed by atoms with Gasteiger partial charge < -0.3 is 4.90 Å². The molecule has 0 unspecified atom stereocenters. The van der Waals surface area contributed by atoms with Gasteiger partial charge in [-0.25, -0.2) is 8.42 Å². The van der Waals surface area contributed by atoms with Gasteiger partial charge in [0, 0.05) is 18.2 Å². The number of hydrogen-bond donors (Lipinski definition) is 1. The molecule has 1 N–H and O–H groups in total. The van der Waals surface area contributed by atoms with E-state index in [1.165, 1.54) is 0 Å². The van der Waals surface area contributed by atoms with Gasteiger partial charge in [0.15, 0.2) is 0 Å². The Kier molecular flexibility index (Phi) is 6.08. The highest BCUT2D eigenvalue weighted by Gasteiger charge is 2.25. The molecule has 150 valence electrons. The molecule has 2 aromatic rings. The van der Waals surface area contributed by atoms with Crippen LogP contribution < -0.4 is 9.62 Å².